The monoisotopic (exact) mass is 356 g/mol. The Morgan fingerprint density at radius 1 is 1.27 bits per heavy atom. The average Bonchev–Trinajstić information content (AvgIpc) is 2.65. The number of allylic oxidation sites excluding steroid dienone is 1. The van der Waals surface area contributed by atoms with E-state index in [1.165, 1.54) is 4.90 Å². The van der Waals surface area contributed by atoms with Gasteiger partial charge in [0.15, 0.2) is 0 Å². The molecule has 0 atom stereocenters. The summed E-state index contributed by atoms with van der Waals surface area (Å²) in [6.45, 7) is 11.4. The van der Waals surface area contributed by atoms with Gasteiger partial charge in [0.25, 0.3) is 0 Å². The van der Waals surface area contributed by atoms with Gasteiger partial charge in [-0.05, 0) is 50.7 Å². The number of hydrogen-bond donors (Lipinski definition) is 1. The first-order chi connectivity index (χ1) is 12.3. The van der Waals surface area contributed by atoms with Crippen molar-refractivity contribution in [3.63, 3.8) is 0 Å². The predicted octanol–water partition coefficient (Wildman–Crippen LogP) is 3.37. The predicted molar refractivity (Wildman–Crippen MR) is 106 cm³/mol. The molecule has 0 unspecified atom stereocenters. The number of phenols is 1. The maximum absolute atomic E-state index is 12.8. The van der Waals surface area contributed by atoms with E-state index >= 15 is 0 Å². The number of benzene rings is 1. The molecule has 6 heteroatoms. The number of rotatable bonds is 5. The number of piperidine rings is 1. The van der Waals surface area contributed by atoms with Gasteiger partial charge < -0.3 is 19.8 Å². The van der Waals surface area contributed by atoms with Gasteiger partial charge in [0.2, 0.25) is 0 Å². The van der Waals surface area contributed by atoms with Gasteiger partial charge in [0.05, 0.1) is 5.70 Å². The summed E-state index contributed by atoms with van der Waals surface area (Å²) < 4.78 is 0. The van der Waals surface area contributed by atoms with E-state index in [1.807, 2.05) is 14.0 Å². The molecule has 26 heavy (non-hydrogen) atoms. The first-order valence-electron chi connectivity index (χ1n) is 8.71. The summed E-state index contributed by atoms with van der Waals surface area (Å²) in [6.07, 6.45) is 3.52. The number of carbonyl (C=O) groups is 1. The van der Waals surface area contributed by atoms with Crippen molar-refractivity contribution in [2.45, 2.75) is 25.8 Å². The second-order valence-corrected chi connectivity index (χ2v) is 6.68. The van der Waals surface area contributed by atoms with Gasteiger partial charge in [-0.25, -0.2) is 4.79 Å². The van der Waals surface area contributed by atoms with Crippen molar-refractivity contribution >= 4 is 18.4 Å². The number of urea groups is 1. The van der Waals surface area contributed by atoms with Gasteiger partial charge >= 0.3 is 6.03 Å². The topological polar surface area (TPSA) is 59.4 Å². The molecular weight excluding hydrogens is 328 g/mol. The molecule has 1 fully saturated rings. The fourth-order valence-corrected chi connectivity index (χ4v) is 3.12. The number of likely N-dealkylation sites (tertiary alicyclic amines) is 1. The molecule has 6 nitrogen and oxygen atoms in total. The highest BCUT2D eigenvalue weighted by atomic mass is 16.3. The Labute approximate surface area is 155 Å². The summed E-state index contributed by atoms with van der Waals surface area (Å²) in [5.41, 5.74) is 2.44. The molecule has 1 aliphatic heterocycles. The summed E-state index contributed by atoms with van der Waals surface area (Å²) >= 11 is 0. The number of carbonyl (C=O) groups excluding carboxylic acids is 1. The zero-order valence-corrected chi connectivity index (χ0v) is 15.9. The second-order valence-electron chi connectivity index (χ2n) is 6.68. The van der Waals surface area contributed by atoms with E-state index in [1.54, 1.807) is 42.4 Å². The summed E-state index contributed by atoms with van der Waals surface area (Å²) in [7, 11) is 3.56. The Morgan fingerprint density at radius 2 is 1.85 bits per heavy atom. The minimum Gasteiger partial charge on any atom is -0.508 e. The number of phenolic OH excluding ortho intramolecular Hbond substituents is 1. The Morgan fingerprint density at radius 3 is 2.35 bits per heavy atom. The Kier molecular flexibility index (Phi) is 6.44. The van der Waals surface area contributed by atoms with Crippen LogP contribution in [0.1, 0.15) is 25.3 Å². The molecule has 0 spiro atoms. The largest absolute Gasteiger partial charge is 0.508 e. The van der Waals surface area contributed by atoms with E-state index < -0.39 is 0 Å². The van der Waals surface area contributed by atoms with Crippen LogP contribution in [0.2, 0.25) is 0 Å². The zero-order chi connectivity index (χ0) is 19.3. The first kappa shape index (κ1) is 19.6. The van der Waals surface area contributed by atoms with Crippen LogP contribution in [0, 0.1) is 0 Å². The van der Waals surface area contributed by atoms with E-state index in [2.05, 4.69) is 23.2 Å². The van der Waals surface area contributed by atoms with Gasteiger partial charge in [0, 0.05) is 50.7 Å². The van der Waals surface area contributed by atoms with E-state index in [9.17, 15) is 9.90 Å². The number of aliphatic imine (C=N–C) groups is 1. The van der Waals surface area contributed by atoms with Gasteiger partial charge in [0.1, 0.15) is 5.75 Å². The van der Waals surface area contributed by atoms with Crippen molar-refractivity contribution in [2.75, 3.05) is 27.2 Å². The summed E-state index contributed by atoms with van der Waals surface area (Å²) in [5, 5.41) is 9.41. The molecule has 0 aromatic heterocycles. The standard InChI is InChI=1S/C20H28N4O2/c1-15(2)24-12-10-17(11-13-24)23(5)20(26)22(4)14-19(21-3)16-6-8-18(25)9-7-16/h6-9,14,17,25H,1,3,10-13H2,2,4-5H3/b19-14-. The van der Waals surface area contributed by atoms with Crippen molar-refractivity contribution < 1.29 is 9.90 Å². The lowest BCUT2D eigenvalue weighted by molar-refractivity contribution is 0.136. The molecule has 0 bridgehead atoms. The number of nitrogens with zero attached hydrogens (tertiary/aromatic N) is 4. The lowest BCUT2D eigenvalue weighted by Crippen LogP contribution is -2.47. The van der Waals surface area contributed by atoms with Crippen LogP contribution >= 0.6 is 0 Å². The Bertz CT molecular complexity index is 688. The van der Waals surface area contributed by atoms with E-state index in [4.69, 9.17) is 0 Å². The Balaban J connectivity index is 2.04. The molecule has 1 aromatic carbocycles. The van der Waals surface area contributed by atoms with Gasteiger partial charge in [-0.3, -0.25) is 4.99 Å². The van der Waals surface area contributed by atoms with Gasteiger partial charge in [-0.15, -0.1) is 0 Å². The van der Waals surface area contributed by atoms with Crippen molar-refractivity contribution in [2.24, 2.45) is 4.99 Å². The minimum absolute atomic E-state index is 0.0845. The molecule has 0 aliphatic carbocycles. The molecule has 0 radical (unpaired) electrons. The number of hydrogen-bond acceptors (Lipinski definition) is 4. The third-order valence-corrected chi connectivity index (χ3v) is 4.80. The molecular formula is C20H28N4O2. The molecule has 140 valence electrons. The molecule has 1 N–H and O–H groups in total. The normalized spacial score (nSPS) is 15.5. The van der Waals surface area contributed by atoms with E-state index in [0.29, 0.717) is 5.70 Å². The lowest BCUT2D eigenvalue weighted by atomic mass is 10.0. The maximum Gasteiger partial charge on any atom is 0.323 e. The van der Waals surface area contributed by atoms with Crippen molar-refractivity contribution in [1.29, 1.82) is 0 Å². The average molecular weight is 356 g/mol. The van der Waals surface area contributed by atoms with Crippen LogP contribution in [0.25, 0.3) is 5.70 Å². The second kappa shape index (κ2) is 8.56. The molecule has 1 saturated heterocycles. The first-order valence-corrected chi connectivity index (χ1v) is 8.71. The molecule has 0 saturated carbocycles. The Hall–Kier alpha value is -2.76. The highest BCUT2D eigenvalue weighted by Crippen LogP contribution is 2.21. The number of aromatic hydroxyl groups is 1. The summed E-state index contributed by atoms with van der Waals surface area (Å²) in [6, 6.07) is 6.77. The van der Waals surface area contributed by atoms with Crippen molar-refractivity contribution in [1.82, 2.24) is 14.7 Å². The quantitative estimate of drug-likeness (QED) is 0.823. The van der Waals surface area contributed by atoms with Gasteiger partial charge in [-0.2, -0.15) is 0 Å². The van der Waals surface area contributed by atoms with Crippen LogP contribution in [0.3, 0.4) is 0 Å². The van der Waals surface area contributed by atoms with Crippen molar-refractivity contribution in [3.8, 4) is 5.75 Å². The van der Waals surface area contributed by atoms with E-state index in [0.717, 1.165) is 37.2 Å². The maximum atomic E-state index is 12.8. The third kappa shape index (κ3) is 4.65. The van der Waals surface area contributed by atoms with Crippen LogP contribution in [0.5, 0.6) is 5.75 Å². The highest BCUT2D eigenvalue weighted by molar-refractivity contribution is 5.78. The molecule has 1 aliphatic rings. The SMILES string of the molecule is C=N/C(=C\N(C)C(=O)N(C)C1CCN(C(=C)C)CC1)c1ccc(O)cc1. The summed E-state index contributed by atoms with van der Waals surface area (Å²) in [5.74, 6) is 0.183. The van der Waals surface area contributed by atoms with Crippen LogP contribution < -0.4 is 0 Å². The van der Waals surface area contributed by atoms with Gasteiger partial charge in [-0.1, -0.05) is 6.58 Å². The zero-order valence-electron chi connectivity index (χ0n) is 15.9. The fraction of sp³-hybridized carbons (Fsp3) is 0.400. The van der Waals surface area contributed by atoms with Crippen LogP contribution in [0.4, 0.5) is 4.79 Å². The van der Waals surface area contributed by atoms with Crippen LogP contribution in [-0.4, -0.2) is 65.8 Å². The number of amides is 2. The lowest BCUT2D eigenvalue weighted by Gasteiger charge is -2.38. The summed E-state index contributed by atoms with van der Waals surface area (Å²) in [4.78, 5) is 22.4. The van der Waals surface area contributed by atoms with Crippen LogP contribution in [-0.2, 0) is 0 Å². The molecule has 2 amide bonds. The smallest absolute Gasteiger partial charge is 0.323 e. The molecule has 1 heterocycles. The fourth-order valence-electron chi connectivity index (χ4n) is 3.12. The molecule has 1 aromatic rings. The van der Waals surface area contributed by atoms with E-state index in [-0.39, 0.29) is 17.8 Å². The molecule has 2 rings (SSSR count). The third-order valence-electron chi connectivity index (χ3n) is 4.80. The van der Waals surface area contributed by atoms with Crippen molar-refractivity contribution in [3.05, 3.63) is 48.3 Å². The minimum atomic E-state index is -0.0845. The highest BCUT2D eigenvalue weighted by Gasteiger charge is 2.26. The van der Waals surface area contributed by atoms with Crippen LogP contribution in [0.15, 0.2) is 47.7 Å².